The highest BCUT2D eigenvalue weighted by Crippen LogP contribution is 2.32. The highest BCUT2D eigenvalue weighted by Gasteiger charge is 2.35. The van der Waals surface area contributed by atoms with Crippen LogP contribution in [-0.2, 0) is 22.1 Å². The van der Waals surface area contributed by atoms with E-state index in [1.165, 1.54) is 12.1 Å². The minimum atomic E-state index is -4.80. The fraction of sp³-hybridized carbons (Fsp3) is 0.190. The van der Waals surface area contributed by atoms with E-state index in [-0.39, 0.29) is 40.8 Å². The molecule has 0 saturated heterocycles. The van der Waals surface area contributed by atoms with Gasteiger partial charge in [-0.15, -0.1) is 11.3 Å². The van der Waals surface area contributed by atoms with Crippen molar-refractivity contribution in [3.63, 3.8) is 0 Å². The van der Waals surface area contributed by atoms with Crippen LogP contribution >= 0.6 is 11.3 Å². The molecule has 4 aromatic rings. The van der Waals surface area contributed by atoms with E-state index < -0.39 is 29.6 Å². The minimum absolute atomic E-state index is 0.0600. The van der Waals surface area contributed by atoms with Gasteiger partial charge >= 0.3 is 12.1 Å². The van der Waals surface area contributed by atoms with Gasteiger partial charge in [0.15, 0.2) is 22.2 Å². The van der Waals surface area contributed by atoms with E-state index in [4.69, 9.17) is 4.74 Å². The van der Waals surface area contributed by atoms with Gasteiger partial charge in [0.25, 0.3) is 5.91 Å². The molecule has 13 heteroatoms. The summed E-state index contributed by atoms with van der Waals surface area (Å²) < 4.78 is 59.7. The van der Waals surface area contributed by atoms with Gasteiger partial charge in [0.05, 0.1) is 24.4 Å². The molecule has 176 valence electrons. The lowest BCUT2D eigenvalue weighted by atomic mass is 10.1. The molecule has 0 bridgehead atoms. The van der Waals surface area contributed by atoms with Crippen LogP contribution < -0.4 is 5.32 Å². The fourth-order valence-electron chi connectivity index (χ4n) is 3.02. The predicted octanol–water partition coefficient (Wildman–Crippen LogP) is 4.37. The van der Waals surface area contributed by atoms with Crippen molar-refractivity contribution < 1.29 is 31.9 Å². The van der Waals surface area contributed by atoms with Crippen LogP contribution in [0.3, 0.4) is 0 Å². The van der Waals surface area contributed by atoms with Crippen LogP contribution in [0.2, 0.25) is 0 Å². The number of ether oxygens (including phenoxy) is 1. The highest BCUT2D eigenvalue weighted by atomic mass is 32.1. The normalized spacial score (nSPS) is 11.6. The zero-order chi connectivity index (χ0) is 24.5. The number of anilines is 1. The molecule has 3 heterocycles. The molecule has 0 radical (unpaired) electrons. The second kappa shape index (κ2) is 9.17. The lowest BCUT2D eigenvalue weighted by Crippen LogP contribution is -2.16. The molecular weight excluding hydrogens is 478 g/mol. The van der Waals surface area contributed by atoms with E-state index in [1.54, 1.807) is 12.3 Å². The number of rotatable bonds is 6. The first-order valence-electron chi connectivity index (χ1n) is 9.79. The zero-order valence-electron chi connectivity index (χ0n) is 17.4. The second-order valence-electron chi connectivity index (χ2n) is 6.91. The maximum absolute atomic E-state index is 13.7. The smallest absolute Gasteiger partial charge is 0.433 e. The molecule has 8 nitrogen and oxygen atoms in total. The topological polar surface area (TPSA) is 98.5 Å². The number of hydrogen-bond donors (Lipinski definition) is 1. The molecule has 0 aliphatic heterocycles. The summed E-state index contributed by atoms with van der Waals surface area (Å²) in [4.78, 5) is 32.4. The van der Waals surface area contributed by atoms with Gasteiger partial charge in [-0.3, -0.25) is 14.9 Å². The lowest BCUT2D eigenvalue weighted by molar-refractivity contribution is -0.143. The quantitative estimate of drug-likeness (QED) is 0.317. The Hall–Kier alpha value is -3.87. The molecule has 0 aliphatic rings. The minimum Gasteiger partial charge on any atom is -0.466 e. The van der Waals surface area contributed by atoms with E-state index in [1.807, 2.05) is 0 Å². The number of nitrogens with one attached hydrogen (secondary N) is 1. The van der Waals surface area contributed by atoms with Gasteiger partial charge in [0.2, 0.25) is 0 Å². The Morgan fingerprint density at radius 3 is 2.56 bits per heavy atom. The summed E-state index contributed by atoms with van der Waals surface area (Å²) in [7, 11) is 0. The Kier molecular flexibility index (Phi) is 6.28. The van der Waals surface area contributed by atoms with Crippen molar-refractivity contribution in [2.45, 2.75) is 19.5 Å². The van der Waals surface area contributed by atoms with Crippen molar-refractivity contribution in [2.75, 3.05) is 11.9 Å². The van der Waals surface area contributed by atoms with Crippen LogP contribution in [0.5, 0.6) is 0 Å². The van der Waals surface area contributed by atoms with Gasteiger partial charge in [0, 0.05) is 17.0 Å². The van der Waals surface area contributed by atoms with Gasteiger partial charge in [-0.05, 0) is 37.3 Å². The summed E-state index contributed by atoms with van der Waals surface area (Å²) in [5, 5.41) is 7.90. The molecule has 34 heavy (non-hydrogen) atoms. The largest absolute Gasteiger partial charge is 0.466 e. The summed E-state index contributed by atoms with van der Waals surface area (Å²) >= 11 is 1.04. The van der Waals surface area contributed by atoms with Crippen LogP contribution in [0.1, 0.15) is 28.8 Å². The summed E-state index contributed by atoms with van der Waals surface area (Å²) in [6.45, 7) is 1.89. The maximum atomic E-state index is 13.7. The average molecular weight is 493 g/mol. The van der Waals surface area contributed by atoms with E-state index in [0.29, 0.717) is 10.2 Å². The Morgan fingerprint density at radius 1 is 1.15 bits per heavy atom. The van der Waals surface area contributed by atoms with Crippen LogP contribution in [0.25, 0.3) is 16.9 Å². The van der Waals surface area contributed by atoms with Gasteiger partial charge in [-0.25, -0.2) is 18.9 Å². The molecular formula is C21H15F4N5O3S. The fourth-order valence-corrected chi connectivity index (χ4v) is 3.73. The first kappa shape index (κ1) is 23.3. The van der Waals surface area contributed by atoms with Gasteiger partial charge < -0.3 is 4.74 Å². The van der Waals surface area contributed by atoms with E-state index in [0.717, 1.165) is 35.6 Å². The van der Waals surface area contributed by atoms with Gasteiger partial charge in [-0.1, -0.05) is 0 Å². The number of aromatic nitrogens is 4. The molecule has 0 aliphatic carbocycles. The number of halogens is 4. The number of amides is 1. The SMILES string of the molecule is CCOC(=O)Cc1csc(NC(=O)c2cc3nc(-c4ccc(F)cc4)cc(C(F)(F)F)n3n2)n1. The third kappa shape index (κ3) is 5.03. The van der Waals surface area contributed by atoms with Gasteiger partial charge in [-0.2, -0.15) is 18.3 Å². The number of hydrogen-bond acceptors (Lipinski definition) is 7. The van der Waals surface area contributed by atoms with Crippen molar-refractivity contribution in [3.8, 4) is 11.3 Å². The first-order chi connectivity index (χ1) is 16.1. The van der Waals surface area contributed by atoms with E-state index in [2.05, 4.69) is 20.4 Å². The van der Waals surface area contributed by atoms with Crippen molar-refractivity contribution in [1.82, 2.24) is 19.6 Å². The number of thiazole rings is 1. The van der Waals surface area contributed by atoms with Crippen LogP contribution in [-0.4, -0.2) is 38.1 Å². The van der Waals surface area contributed by atoms with Crippen molar-refractivity contribution >= 4 is 34.0 Å². The standard InChI is InChI=1S/C21H15F4N5O3S/c1-2-33-18(31)7-13-10-34-20(26-13)28-19(32)15-9-17-27-14(11-3-5-12(22)6-4-11)8-16(21(23,24)25)30(17)29-15/h3-6,8-10H,2,7H2,1H3,(H,26,28,32). The molecule has 0 saturated carbocycles. The predicted molar refractivity (Wildman–Crippen MR) is 114 cm³/mol. The molecule has 0 spiro atoms. The second-order valence-corrected chi connectivity index (χ2v) is 7.77. The molecule has 1 aromatic carbocycles. The third-order valence-electron chi connectivity index (χ3n) is 4.49. The van der Waals surface area contributed by atoms with Crippen molar-refractivity contribution in [2.24, 2.45) is 0 Å². The monoisotopic (exact) mass is 493 g/mol. The molecule has 0 unspecified atom stereocenters. The van der Waals surface area contributed by atoms with Crippen LogP contribution in [0.4, 0.5) is 22.7 Å². The molecule has 0 fully saturated rings. The molecule has 4 rings (SSSR count). The Balaban J connectivity index is 1.63. The molecule has 1 N–H and O–H groups in total. The Morgan fingerprint density at radius 2 is 1.88 bits per heavy atom. The molecule has 3 aromatic heterocycles. The first-order valence-corrected chi connectivity index (χ1v) is 10.7. The zero-order valence-corrected chi connectivity index (χ0v) is 18.2. The lowest BCUT2D eigenvalue weighted by Gasteiger charge is -2.11. The van der Waals surface area contributed by atoms with E-state index in [9.17, 15) is 27.2 Å². The van der Waals surface area contributed by atoms with E-state index >= 15 is 0 Å². The number of carbonyl (C=O) groups excluding carboxylic acids is 2. The third-order valence-corrected chi connectivity index (χ3v) is 5.30. The Labute approximate surface area is 193 Å². The number of fused-ring (bicyclic) bond motifs is 1. The maximum Gasteiger partial charge on any atom is 0.433 e. The number of carbonyl (C=O) groups is 2. The average Bonchev–Trinajstić information content (AvgIpc) is 3.39. The number of esters is 1. The number of benzene rings is 1. The number of nitrogens with zero attached hydrogens (tertiary/aromatic N) is 4. The molecule has 1 amide bonds. The van der Waals surface area contributed by atoms with Gasteiger partial charge in [0.1, 0.15) is 5.82 Å². The summed E-state index contributed by atoms with van der Waals surface area (Å²) in [6.07, 6.45) is -4.88. The van der Waals surface area contributed by atoms with Crippen molar-refractivity contribution in [1.29, 1.82) is 0 Å². The summed E-state index contributed by atoms with van der Waals surface area (Å²) in [6, 6.07) is 6.69. The van der Waals surface area contributed by atoms with Crippen LogP contribution in [0.15, 0.2) is 41.8 Å². The van der Waals surface area contributed by atoms with Crippen LogP contribution in [0, 0.1) is 5.82 Å². The highest BCUT2D eigenvalue weighted by molar-refractivity contribution is 7.14. The van der Waals surface area contributed by atoms with Crippen molar-refractivity contribution in [3.05, 3.63) is 64.7 Å². The number of alkyl halides is 3. The molecule has 0 atom stereocenters. The summed E-state index contributed by atoms with van der Waals surface area (Å²) in [5.41, 5.74) is -1.12. The summed E-state index contributed by atoms with van der Waals surface area (Å²) in [5.74, 6) is -1.83. The Bertz CT molecular complexity index is 1370.